The Bertz CT molecular complexity index is 511. The third-order valence-corrected chi connectivity index (χ3v) is 8.62. The van der Waals surface area contributed by atoms with Crippen molar-refractivity contribution in [3.63, 3.8) is 0 Å². The summed E-state index contributed by atoms with van der Waals surface area (Å²) in [6.07, 6.45) is 4.25. The number of fused-ring (bicyclic) bond motifs is 2. The molecule has 0 spiro atoms. The molecule has 0 saturated heterocycles. The van der Waals surface area contributed by atoms with Crippen LogP contribution >= 0.6 is 0 Å². The predicted molar refractivity (Wildman–Crippen MR) is 78.6 cm³/mol. The zero-order chi connectivity index (χ0) is 13.7. The second kappa shape index (κ2) is 4.36. The molecular weight excluding hydrogens is 301 g/mol. The van der Waals surface area contributed by atoms with Crippen molar-refractivity contribution in [2.45, 2.75) is 44.0 Å². The molecule has 1 heterocycles. The molecule has 3 rings (SSSR count). The molecule has 2 aliphatic rings. The number of hydrogen-bond acceptors (Lipinski definition) is 1. The number of hydroxylamine groups is 1. The Morgan fingerprint density at radius 3 is 2.58 bits per heavy atom. The van der Waals surface area contributed by atoms with Gasteiger partial charge < -0.3 is 0 Å². The third-order valence-electron chi connectivity index (χ3n) is 5.51. The Morgan fingerprint density at radius 1 is 1.21 bits per heavy atom. The molecule has 0 unspecified atom stereocenters. The van der Waals surface area contributed by atoms with E-state index in [1.807, 2.05) is 6.21 Å². The van der Waals surface area contributed by atoms with Gasteiger partial charge in [-0.15, -0.1) is 0 Å². The third kappa shape index (κ3) is 1.79. The van der Waals surface area contributed by atoms with Crippen LogP contribution in [-0.4, -0.2) is 36.7 Å². The van der Waals surface area contributed by atoms with E-state index in [0.717, 1.165) is 6.42 Å². The van der Waals surface area contributed by atoms with Crippen LogP contribution in [0.25, 0.3) is 0 Å². The Hall–Kier alpha value is -0.791. The summed E-state index contributed by atoms with van der Waals surface area (Å²) in [7, 11) is 0. The van der Waals surface area contributed by atoms with Crippen LogP contribution in [0.15, 0.2) is 30.3 Å². The topological polar surface area (TPSA) is 23.2 Å². The fourth-order valence-electron chi connectivity index (χ4n) is 3.69. The number of nitrogens with zero attached hydrogens (tertiary/aromatic N) is 1. The molecule has 0 radical (unpaired) electrons. The minimum atomic E-state index is -0.119. The summed E-state index contributed by atoms with van der Waals surface area (Å²) in [5, 5.41) is 10.4. The van der Waals surface area contributed by atoms with E-state index in [1.54, 1.807) is 0 Å². The minimum absolute atomic E-state index is 0.119. The molecule has 102 valence electrons. The maximum absolute atomic E-state index is 10.4. The molecule has 2 nitrogen and oxygen atoms in total. The van der Waals surface area contributed by atoms with E-state index in [0.29, 0.717) is 25.7 Å². The summed E-state index contributed by atoms with van der Waals surface area (Å²) in [6.45, 7) is 6.90. The van der Waals surface area contributed by atoms with Crippen molar-refractivity contribution < 1.29 is 9.95 Å². The van der Waals surface area contributed by atoms with Gasteiger partial charge in [0.15, 0.2) is 0 Å². The summed E-state index contributed by atoms with van der Waals surface area (Å²) < 4.78 is 2.98. The van der Waals surface area contributed by atoms with Crippen molar-refractivity contribution in [3.8, 4) is 0 Å². The number of rotatable bonds is 2. The van der Waals surface area contributed by atoms with Gasteiger partial charge in [0.25, 0.3) is 0 Å². The molecule has 3 atom stereocenters. The molecule has 1 fully saturated rings. The fourth-order valence-corrected chi connectivity index (χ4v) is 7.07. The first kappa shape index (κ1) is 13.2. The average molecular weight is 323 g/mol. The molecule has 0 aromatic heterocycles. The van der Waals surface area contributed by atoms with Gasteiger partial charge >= 0.3 is 121 Å². The van der Waals surface area contributed by atoms with E-state index in [-0.39, 0.29) is 11.0 Å². The van der Waals surface area contributed by atoms with Crippen LogP contribution in [0.2, 0.25) is 4.82 Å². The van der Waals surface area contributed by atoms with Gasteiger partial charge in [-0.25, -0.2) is 0 Å². The van der Waals surface area contributed by atoms with Crippen LogP contribution in [0.1, 0.15) is 33.6 Å². The Kier molecular flexibility index (Phi) is 3.03. The summed E-state index contributed by atoms with van der Waals surface area (Å²) in [5.41, 5.74) is 0.0590. The van der Waals surface area contributed by atoms with Gasteiger partial charge in [0.2, 0.25) is 0 Å². The summed E-state index contributed by atoms with van der Waals surface area (Å²) in [4.78, 5) is 0.575. The molecule has 0 amide bonds. The van der Waals surface area contributed by atoms with Crippen molar-refractivity contribution in [2.75, 3.05) is 0 Å². The Balaban J connectivity index is 1.94. The van der Waals surface area contributed by atoms with Crippen LogP contribution in [0.3, 0.4) is 0 Å². The van der Waals surface area contributed by atoms with E-state index >= 15 is 0 Å². The SMILES string of the molecule is CC1(C)[C@@H]2CC=[N+](O)[C@]1(C)[C@@H]([Se]c1ccccc1)C2. The van der Waals surface area contributed by atoms with E-state index in [9.17, 15) is 5.21 Å². The first-order chi connectivity index (χ1) is 8.96. The van der Waals surface area contributed by atoms with Gasteiger partial charge in [-0.3, -0.25) is 0 Å². The molecule has 3 heteroatoms. The average Bonchev–Trinajstić information content (AvgIpc) is 2.49. The molecule has 1 aromatic rings. The second-order valence-electron chi connectivity index (χ2n) is 6.48. The van der Waals surface area contributed by atoms with E-state index in [2.05, 4.69) is 51.1 Å². The normalized spacial score (nSPS) is 36.1. The maximum atomic E-state index is 10.4. The molecular formula is C16H22NOSe+. The van der Waals surface area contributed by atoms with Crippen LogP contribution in [0.4, 0.5) is 0 Å². The van der Waals surface area contributed by atoms with Crippen LogP contribution in [-0.2, 0) is 0 Å². The Labute approximate surface area is 121 Å². The quantitative estimate of drug-likeness (QED) is 0.504. The van der Waals surface area contributed by atoms with Crippen molar-refractivity contribution >= 4 is 25.6 Å². The van der Waals surface area contributed by atoms with Crippen molar-refractivity contribution in [1.82, 2.24) is 0 Å². The molecule has 1 aliphatic carbocycles. The van der Waals surface area contributed by atoms with E-state index in [1.165, 1.54) is 15.6 Å². The monoisotopic (exact) mass is 324 g/mol. The standard InChI is InChI=1S/C16H22NOSe/c1-15(2)12-9-10-17(18)16(15,3)14(11-12)19-13-7-5-4-6-8-13/h4-8,10,12,14,18H,9,11H2,1-3H3/q+1/t12-,14+,16-/m1/s1. The van der Waals surface area contributed by atoms with E-state index in [4.69, 9.17) is 0 Å². The fraction of sp³-hybridized carbons (Fsp3) is 0.562. The zero-order valence-electron chi connectivity index (χ0n) is 11.8. The van der Waals surface area contributed by atoms with Gasteiger partial charge in [-0.05, 0) is 0 Å². The van der Waals surface area contributed by atoms with Crippen molar-refractivity contribution in [2.24, 2.45) is 11.3 Å². The Morgan fingerprint density at radius 2 is 1.89 bits per heavy atom. The second-order valence-corrected chi connectivity index (χ2v) is 9.16. The molecule has 1 N–H and O–H groups in total. The first-order valence-electron chi connectivity index (χ1n) is 6.99. The molecule has 2 bridgehead atoms. The van der Waals surface area contributed by atoms with Gasteiger partial charge in [0.1, 0.15) is 0 Å². The van der Waals surface area contributed by atoms with Crippen LogP contribution in [0, 0.1) is 11.3 Å². The number of hydrogen-bond donors (Lipinski definition) is 1. The van der Waals surface area contributed by atoms with Crippen LogP contribution < -0.4 is 4.46 Å². The summed E-state index contributed by atoms with van der Waals surface area (Å²) in [6, 6.07) is 10.8. The van der Waals surface area contributed by atoms with Crippen molar-refractivity contribution in [3.05, 3.63) is 30.3 Å². The first-order valence-corrected chi connectivity index (χ1v) is 8.84. The number of benzene rings is 1. The van der Waals surface area contributed by atoms with Gasteiger partial charge in [0.05, 0.1) is 0 Å². The van der Waals surface area contributed by atoms with Gasteiger partial charge in [-0.1, -0.05) is 0 Å². The van der Waals surface area contributed by atoms with Crippen LogP contribution in [0.5, 0.6) is 0 Å². The van der Waals surface area contributed by atoms with E-state index < -0.39 is 0 Å². The summed E-state index contributed by atoms with van der Waals surface area (Å²) in [5.74, 6) is 0.705. The molecule has 1 aromatic carbocycles. The van der Waals surface area contributed by atoms with Gasteiger partial charge in [-0.2, -0.15) is 0 Å². The summed E-state index contributed by atoms with van der Waals surface area (Å²) >= 11 is 0.418. The predicted octanol–water partition coefficient (Wildman–Crippen LogP) is 2.49. The molecule has 1 saturated carbocycles. The van der Waals surface area contributed by atoms with Gasteiger partial charge in [0, 0.05) is 0 Å². The zero-order valence-corrected chi connectivity index (χ0v) is 13.5. The molecule has 1 aliphatic heterocycles. The molecule has 19 heavy (non-hydrogen) atoms. The van der Waals surface area contributed by atoms with Crippen molar-refractivity contribution in [1.29, 1.82) is 0 Å².